The molecule has 3 heteroatoms. The van der Waals surface area contributed by atoms with Gasteiger partial charge in [-0.25, -0.2) is 0 Å². The van der Waals surface area contributed by atoms with E-state index in [0.29, 0.717) is 17.4 Å². The normalized spacial score (nSPS) is 12.4. The molecule has 1 rings (SSSR count). The van der Waals surface area contributed by atoms with E-state index in [9.17, 15) is 5.11 Å². The molecule has 1 aromatic rings. The predicted octanol–water partition coefficient (Wildman–Crippen LogP) is 4.44. The summed E-state index contributed by atoms with van der Waals surface area (Å²) in [5, 5.41) is 10.4. The van der Waals surface area contributed by atoms with Crippen molar-refractivity contribution in [1.82, 2.24) is 0 Å². The molecule has 18 heavy (non-hydrogen) atoms. The summed E-state index contributed by atoms with van der Waals surface area (Å²) in [6, 6.07) is 7.25. The Morgan fingerprint density at radius 1 is 1.22 bits per heavy atom. The number of aliphatic hydroxyl groups excluding tert-OH is 1. The van der Waals surface area contributed by atoms with Crippen molar-refractivity contribution in [2.75, 3.05) is 6.61 Å². The van der Waals surface area contributed by atoms with E-state index >= 15 is 0 Å². The lowest BCUT2D eigenvalue weighted by atomic mass is 10.1. The van der Waals surface area contributed by atoms with Crippen LogP contribution >= 0.6 is 11.6 Å². The summed E-state index contributed by atoms with van der Waals surface area (Å²) < 4.78 is 5.49. The number of halogens is 1. The van der Waals surface area contributed by atoms with Gasteiger partial charge in [-0.15, -0.1) is 0 Å². The molecule has 0 saturated carbocycles. The fraction of sp³-hybridized carbons (Fsp3) is 0.600. The molecule has 0 bridgehead atoms. The molecule has 0 fully saturated rings. The molecule has 0 amide bonds. The van der Waals surface area contributed by atoms with Crippen LogP contribution in [0.5, 0.6) is 5.75 Å². The van der Waals surface area contributed by atoms with Crippen LogP contribution < -0.4 is 4.74 Å². The first-order valence-corrected chi connectivity index (χ1v) is 7.16. The molecule has 0 spiro atoms. The van der Waals surface area contributed by atoms with Gasteiger partial charge in [0.2, 0.25) is 0 Å². The Bertz CT molecular complexity index is 328. The maximum absolute atomic E-state index is 9.78. The van der Waals surface area contributed by atoms with Gasteiger partial charge in [0, 0.05) is 5.02 Å². The predicted molar refractivity (Wildman–Crippen MR) is 76.3 cm³/mol. The van der Waals surface area contributed by atoms with E-state index in [0.717, 1.165) is 12.8 Å². The second kappa shape index (κ2) is 9.23. The second-order valence-electron chi connectivity index (χ2n) is 4.63. The summed E-state index contributed by atoms with van der Waals surface area (Å²) in [6.07, 6.45) is 6.49. The molecule has 0 radical (unpaired) electrons. The molecule has 0 saturated heterocycles. The number of hydrogen-bond acceptors (Lipinski definition) is 2. The van der Waals surface area contributed by atoms with Gasteiger partial charge in [-0.2, -0.15) is 0 Å². The van der Waals surface area contributed by atoms with Crippen molar-refractivity contribution in [3.05, 3.63) is 29.3 Å². The first-order valence-electron chi connectivity index (χ1n) is 6.78. The summed E-state index contributed by atoms with van der Waals surface area (Å²) in [5.41, 5.74) is 0. The van der Waals surface area contributed by atoms with Gasteiger partial charge < -0.3 is 9.84 Å². The zero-order chi connectivity index (χ0) is 13.2. The van der Waals surface area contributed by atoms with Gasteiger partial charge in [-0.05, 0) is 24.6 Å². The Kier molecular flexibility index (Phi) is 7.86. The number of rotatable bonds is 9. The number of aliphatic hydroxyl groups is 1. The SMILES string of the molecule is CCCCCCCC(O)COc1cccc(Cl)c1. The van der Waals surface area contributed by atoms with Gasteiger partial charge in [0.1, 0.15) is 12.4 Å². The minimum absolute atomic E-state index is 0.341. The monoisotopic (exact) mass is 270 g/mol. The number of hydrogen-bond donors (Lipinski definition) is 1. The Morgan fingerprint density at radius 3 is 2.72 bits per heavy atom. The Hall–Kier alpha value is -0.730. The van der Waals surface area contributed by atoms with Crippen LogP contribution in [-0.4, -0.2) is 17.8 Å². The van der Waals surface area contributed by atoms with Crippen LogP contribution in [0.4, 0.5) is 0 Å². The highest BCUT2D eigenvalue weighted by atomic mass is 35.5. The van der Waals surface area contributed by atoms with Gasteiger partial charge in [-0.1, -0.05) is 56.7 Å². The van der Waals surface area contributed by atoms with Crippen LogP contribution in [0.3, 0.4) is 0 Å². The Labute approximate surface area is 115 Å². The maximum Gasteiger partial charge on any atom is 0.120 e. The van der Waals surface area contributed by atoms with Gasteiger partial charge in [0.05, 0.1) is 6.10 Å². The average Bonchev–Trinajstić information content (AvgIpc) is 2.36. The van der Waals surface area contributed by atoms with Crippen molar-refractivity contribution in [3.8, 4) is 5.75 Å². The fourth-order valence-electron chi connectivity index (χ4n) is 1.82. The molecule has 0 aliphatic carbocycles. The van der Waals surface area contributed by atoms with E-state index < -0.39 is 0 Å². The highest BCUT2D eigenvalue weighted by Gasteiger charge is 2.05. The van der Waals surface area contributed by atoms with Crippen LogP contribution in [0.2, 0.25) is 5.02 Å². The third-order valence-electron chi connectivity index (χ3n) is 2.88. The smallest absolute Gasteiger partial charge is 0.120 e. The van der Waals surface area contributed by atoms with Gasteiger partial charge in [-0.3, -0.25) is 0 Å². The molecule has 1 unspecified atom stereocenters. The lowest BCUT2D eigenvalue weighted by molar-refractivity contribution is 0.0975. The maximum atomic E-state index is 9.78. The number of unbranched alkanes of at least 4 members (excludes halogenated alkanes) is 4. The first-order chi connectivity index (χ1) is 8.72. The molecule has 1 N–H and O–H groups in total. The lowest BCUT2D eigenvalue weighted by Crippen LogP contribution is -2.17. The van der Waals surface area contributed by atoms with E-state index in [2.05, 4.69) is 6.92 Å². The zero-order valence-electron chi connectivity index (χ0n) is 11.1. The Morgan fingerprint density at radius 2 is 2.00 bits per heavy atom. The largest absolute Gasteiger partial charge is 0.491 e. The van der Waals surface area contributed by atoms with Crippen LogP contribution in [0.1, 0.15) is 45.4 Å². The highest BCUT2D eigenvalue weighted by molar-refractivity contribution is 6.30. The first kappa shape index (κ1) is 15.3. The van der Waals surface area contributed by atoms with Crippen LogP contribution in [0.15, 0.2) is 24.3 Å². The highest BCUT2D eigenvalue weighted by Crippen LogP contribution is 2.17. The van der Waals surface area contributed by atoms with Crippen LogP contribution in [-0.2, 0) is 0 Å². The van der Waals surface area contributed by atoms with Gasteiger partial charge >= 0.3 is 0 Å². The van der Waals surface area contributed by atoms with Crippen LogP contribution in [0, 0.1) is 0 Å². The molecule has 1 aromatic carbocycles. The third kappa shape index (κ3) is 6.87. The zero-order valence-corrected chi connectivity index (χ0v) is 11.8. The fourth-order valence-corrected chi connectivity index (χ4v) is 2.00. The van der Waals surface area contributed by atoms with Gasteiger partial charge in [0.25, 0.3) is 0 Å². The topological polar surface area (TPSA) is 29.5 Å². The summed E-state index contributed by atoms with van der Waals surface area (Å²) in [5.74, 6) is 0.715. The minimum atomic E-state index is -0.384. The Balaban J connectivity index is 2.11. The van der Waals surface area contributed by atoms with Crippen LogP contribution in [0.25, 0.3) is 0 Å². The molecule has 2 nitrogen and oxygen atoms in total. The van der Waals surface area contributed by atoms with Crippen molar-refractivity contribution in [3.63, 3.8) is 0 Å². The van der Waals surface area contributed by atoms with Crippen molar-refractivity contribution in [2.24, 2.45) is 0 Å². The minimum Gasteiger partial charge on any atom is -0.491 e. The molecular formula is C15H23ClO2. The lowest BCUT2D eigenvalue weighted by Gasteiger charge is -2.12. The van der Waals surface area contributed by atoms with E-state index in [1.807, 2.05) is 12.1 Å². The van der Waals surface area contributed by atoms with Crippen molar-refractivity contribution in [2.45, 2.75) is 51.6 Å². The molecule has 0 aliphatic rings. The second-order valence-corrected chi connectivity index (χ2v) is 5.06. The quantitative estimate of drug-likeness (QED) is 0.672. The van der Waals surface area contributed by atoms with Crippen molar-refractivity contribution in [1.29, 1.82) is 0 Å². The standard InChI is InChI=1S/C15H23ClO2/c1-2-3-4-5-6-9-14(17)12-18-15-10-7-8-13(16)11-15/h7-8,10-11,14,17H,2-6,9,12H2,1H3. The van der Waals surface area contributed by atoms with Gasteiger partial charge in [0.15, 0.2) is 0 Å². The van der Waals surface area contributed by atoms with E-state index in [4.69, 9.17) is 16.3 Å². The summed E-state index contributed by atoms with van der Waals surface area (Å²) in [4.78, 5) is 0. The summed E-state index contributed by atoms with van der Waals surface area (Å²) in [7, 11) is 0. The van der Waals surface area contributed by atoms with E-state index in [1.54, 1.807) is 12.1 Å². The van der Waals surface area contributed by atoms with Crippen molar-refractivity contribution >= 4 is 11.6 Å². The van der Waals surface area contributed by atoms with E-state index in [1.165, 1.54) is 25.7 Å². The molecule has 102 valence electrons. The van der Waals surface area contributed by atoms with E-state index in [-0.39, 0.29) is 6.10 Å². The number of ether oxygens (including phenoxy) is 1. The molecule has 0 aromatic heterocycles. The molecule has 0 aliphatic heterocycles. The number of benzene rings is 1. The molecular weight excluding hydrogens is 248 g/mol. The molecule has 1 atom stereocenters. The third-order valence-corrected chi connectivity index (χ3v) is 3.11. The molecule has 0 heterocycles. The average molecular weight is 271 g/mol. The summed E-state index contributed by atoms with van der Waals surface area (Å²) in [6.45, 7) is 2.54. The van der Waals surface area contributed by atoms with Crippen molar-refractivity contribution < 1.29 is 9.84 Å². The summed E-state index contributed by atoms with van der Waals surface area (Å²) >= 11 is 5.85.